The van der Waals surface area contributed by atoms with E-state index in [1.54, 1.807) is 0 Å². The molecule has 0 amide bonds. The number of esters is 2. The van der Waals surface area contributed by atoms with Crippen LogP contribution in [0, 0.1) is 0 Å². The highest BCUT2D eigenvalue weighted by Crippen LogP contribution is 2.16. The molecule has 66 heavy (non-hydrogen) atoms. The van der Waals surface area contributed by atoms with E-state index >= 15 is 0 Å². The third kappa shape index (κ3) is 54.0. The van der Waals surface area contributed by atoms with Crippen LogP contribution in [-0.4, -0.2) is 37.9 Å². The van der Waals surface area contributed by atoms with Crippen molar-refractivity contribution in [3.05, 3.63) is 72.9 Å². The van der Waals surface area contributed by atoms with Gasteiger partial charge in [0.25, 0.3) is 0 Å². The minimum Gasteiger partial charge on any atom is -0.462 e. The second kappa shape index (κ2) is 56.7. The highest BCUT2D eigenvalue weighted by Gasteiger charge is 2.17. The smallest absolute Gasteiger partial charge is 0.306 e. The molecule has 0 aromatic rings. The van der Waals surface area contributed by atoms with Crippen LogP contribution >= 0.6 is 0 Å². The summed E-state index contributed by atoms with van der Waals surface area (Å²) in [5.41, 5.74) is 0. The fraction of sp³-hybridized carbons (Fsp3) is 0.770. The molecule has 0 aromatic heterocycles. The van der Waals surface area contributed by atoms with Gasteiger partial charge in [-0.25, -0.2) is 0 Å². The van der Waals surface area contributed by atoms with Crippen molar-refractivity contribution in [1.82, 2.24) is 0 Å². The highest BCUT2D eigenvalue weighted by atomic mass is 16.6. The predicted octanol–water partition coefficient (Wildman–Crippen LogP) is 19.5. The Hall–Kier alpha value is -2.66. The number of ether oxygens (including phenoxy) is 3. The maximum atomic E-state index is 12.8. The summed E-state index contributed by atoms with van der Waals surface area (Å²) in [5.74, 6) is -0.410. The van der Waals surface area contributed by atoms with Gasteiger partial charge in [-0.05, 0) is 83.5 Å². The van der Waals surface area contributed by atoms with E-state index in [2.05, 4.69) is 93.7 Å². The van der Waals surface area contributed by atoms with Gasteiger partial charge in [-0.1, -0.05) is 254 Å². The van der Waals surface area contributed by atoms with Crippen LogP contribution < -0.4 is 0 Å². The van der Waals surface area contributed by atoms with Crippen molar-refractivity contribution in [2.45, 2.75) is 284 Å². The number of carbonyl (C=O) groups is 2. The molecule has 0 rings (SSSR count). The lowest BCUT2D eigenvalue weighted by molar-refractivity contribution is -0.163. The Labute approximate surface area is 410 Å². The molecule has 0 aromatic carbocycles. The van der Waals surface area contributed by atoms with E-state index in [0.717, 1.165) is 89.9 Å². The maximum Gasteiger partial charge on any atom is 0.306 e. The van der Waals surface area contributed by atoms with Crippen molar-refractivity contribution in [2.24, 2.45) is 0 Å². The summed E-state index contributed by atoms with van der Waals surface area (Å²) < 4.78 is 17.5. The fourth-order valence-electron chi connectivity index (χ4n) is 8.07. The lowest BCUT2D eigenvalue weighted by Gasteiger charge is -2.18. The second-order valence-corrected chi connectivity index (χ2v) is 18.8. The Morgan fingerprint density at radius 3 is 1.09 bits per heavy atom. The van der Waals surface area contributed by atoms with Crippen LogP contribution in [0.15, 0.2) is 72.9 Å². The fourth-order valence-corrected chi connectivity index (χ4v) is 8.07. The van der Waals surface area contributed by atoms with E-state index in [-0.39, 0.29) is 25.2 Å². The summed E-state index contributed by atoms with van der Waals surface area (Å²) in [6, 6.07) is 0. The summed E-state index contributed by atoms with van der Waals surface area (Å²) in [7, 11) is 0. The van der Waals surface area contributed by atoms with Crippen LogP contribution in [0.3, 0.4) is 0 Å². The summed E-state index contributed by atoms with van der Waals surface area (Å²) in [6.07, 6.45) is 73.5. The highest BCUT2D eigenvalue weighted by molar-refractivity contribution is 5.70. The molecule has 0 N–H and O–H groups in total. The van der Waals surface area contributed by atoms with Crippen LogP contribution in [0.25, 0.3) is 0 Å². The Kier molecular flexibility index (Phi) is 54.4. The van der Waals surface area contributed by atoms with Crippen LogP contribution in [0.2, 0.25) is 0 Å². The topological polar surface area (TPSA) is 61.8 Å². The van der Waals surface area contributed by atoms with Gasteiger partial charge in [0, 0.05) is 19.4 Å². The van der Waals surface area contributed by atoms with Crippen LogP contribution in [-0.2, 0) is 23.8 Å². The van der Waals surface area contributed by atoms with E-state index in [1.165, 1.54) is 154 Å². The number of hydrogen-bond acceptors (Lipinski definition) is 5. The number of rotatable bonds is 52. The van der Waals surface area contributed by atoms with E-state index in [4.69, 9.17) is 14.2 Å². The first-order chi connectivity index (χ1) is 32.6. The van der Waals surface area contributed by atoms with Gasteiger partial charge in [0.15, 0.2) is 6.10 Å². The summed E-state index contributed by atoms with van der Waals surface area (Å²) in [6.45, 7) is 7.61. The summed E-state index contributed by atoms with van der Waals surface area (Å²) >= 11 is 0. The van der Waals surface area contributed by atoms with Gasteiger partial charge in [0.1, 0.15) is 6.61 Å². The Morgan fingerprint density at radius 1 is 0.348 bits per heavy atom. The average Bonchev–Trinajstić information content (AvgIpc) is 3.32. The number of hydrogen-bond donors (Lipinski definition) is 0. The normalized spacial score (nSPS) is 12.7. The van der Waals surface area contributed by atoms with Gasteiger partial charge in [0.2, 0.25) is 0 Å². The number of carbonyl (C=O) groups excluding carboxylic acids is 2. The van der Waals surface area contributed by atoms with E-state index in [1.807, 2.05) is 0 Å². The number of unbranched alkanes of at least 4 members (excludes halogenated alkanes) is 29. The molecule has 1 unspecified atom stereocenters. The minimum atomic E-state index is -0.550. The van der Waals surface area contributed by atoms with Crippen LogP contribution in [0.4, 0.5) is 0 Å². The predicted molar refractivity (Wildman–Crippen MR) is 288 cm³/mol. The van der Waals surface area contributed by atoms with Gasteiger partial charge < -0.3 is 14.2 Å². The van der Waals surface area contributed by atoms with Crippen molar-refractivity contribution in [3.63, 3.8) is 0 Å². The molecule has 0 saturated heterocycles. The zero-order chi connectivity index (χ0) is 47.7. The van der Waals surface area contributed by atoms with Crippen molar-refractivity contribution in [2.75, 3.05) is 19.8 Å². The SMILES string of the molecule is CC/C=C\C/C=C\C/C=C\CCCCCCCCCCOCC(COC(=O)CCCCCCCCCCCCCCCCCCC)OC(=O)CCCCCCC/C=C\C/C=C\C/C=C\CC. The van der Waals surface area contributed by atoms with Gasteiger partial charge in [0.05, 0.1) is 6.61 Å². The molecule has 0 heterocycles. The van der Waals surface area contributed by atoms with Crippen molar-refractivity contribution < 1.29 is 23.8 Å². The Balaban J connectivity index is 4.28. The molecular formula is C61H108O5. The van der Waals surface area contributed by atoms with E-state index < -0.39 is 6.10 Å². The zero-order valence-corrected chi connectivity index (χ0v) is 44.0. The van der Waals surface area contributed by atoms with E-state index in [0.29, 0.717) is 19.4 Å². The lowest BCUT2D eigenvalue weighted by Crippen LogP contribution is -2.30. The molecule has 0 saturated carbocycles. The van der Waals surface area contributed by atoms with Crippen LogP contribution in [0.5, 0.6) is 0 Å². The molecule has 382 valence electrons. The first-order valence-electron chi connectivity index (χ1n) is 28.5. The van der Waals surface area contributed by atoms with E-state index in [9.17, 15) is 9.59 Å². The van der Waals surface area contributed by atoms with Gasteiger partial charge >= 0.3 is 11.9 Å². The molecule has 0 aliphatic rings. The van der Waals surface area contributed by atoms with Crippen molar-refractivity contribution in [1.29, 1.82) is 0 Å². The van der Waals surface area contributed by atoms with Gasteiger partial charge in [-0.15, -0.1) is 0 Å². The molecule has 5 heteroatoms. The van der Waals surface area contributed by atoms with Crippen molar-refractivity contribution >= 4 is 11.9 Å². The third-order valence-electron chi connectivity index (χ3n) is 12.2. The molecule has 0 spiro atoms. The molecule has 1 atom stereocenters. The molecule has 0 bridgehead atoms. The molecule has 0 aliphatic heterocycles. The standard InChI is InChI=1S/C61H108O5/c1-4-7-10-13-16-19-22-25-28-30-32-35-38-41-44-47-50-53-56-64-57-59(66-61(63)55-52-49-46-43-40-37-33-27-24-21-18-15-12-9-6-3)58-65-60(62)54-51-48-45-42-39-36-34-31-29-26-23-20-17-14-11-8-5-2/h7,9-10,12,16,18-19,21,25,27-28,33,59H,4-6,8,11,13-15,17,20,22-24,26,29-32,34-58H2,1-3H3/b10-7-,12-9-,19-16-,21-18-,28-25-,33-27-. The zero-order valence-electron chi connectivity index (χ0n) is 44.0. The second-order valence-electron chi connectivity index (χ2n) is 18.8. The van der Waals surface area contributed by atoms with Crippen LogP contribution in [0.1, 0.15) is 278 Å². The number of allylic oxidation sites excluding steroid dienone is 12. The summed E-state index contributed by atoms with van der Waals surface area (Å²) in [4.78, 5) is 25.5. The lowest BCUT2D eigenvalue weighted by atomic mass is 10.0. The largest absolute Gasteiger partial charge is 0.462 e. The maximum absolute atomic E-state index is 12.8. The summed E-state index contributed by atoms with van der Waals surface area (Å²) in [5, 5.41) is 0. The average molecular weight is 922 g/mol. The monoisotopic (exact) mass is 921 g/mol. The molecule has 0 aliphatic carbocycles. The quantitative estimate of drug-likeness (QED) is 0.0346. The first kappa shape index (κ1) is 63.3. The van der Waals surface area contributed by atoms with Crippen molar-refractivity contribution in [3.8, 4) is 0 Å². The van der Waals surface area contributed by atoms with Gasteiger partial charge in [-0.2, -0.15) is 0 Å². The van der Waals surface area contributed by atoms with Gasteiger partial charge in [-0.3, -0.25) is 9.59 Å². The molecule has 5 nitrogen and oxygen atoms in total. The molecular weight excluding hydrogens is 813 g/mol. The Morgan fingerprint density at radius 2 is 0.682 bits per heavy atom. The molecule has 0 radical (unpaired) electrons. The Bertz CT molecular complexity index is 1180. The third-order valence-corrected chi connectivity index (χ3v) is 12.2. The molecule has 0 fully saturated rings. The minimum absolute atomic E-state index is 0.0759. The first-order valence-corrected chi connectivity index (χ1v) is 28.5.